The molecule has 17 heavy (non-hydrogen) atoms. The number of aryl methyl sites for hydroxylation is 1. The second kappa shape index (κ2) is 5.78. The summed E-state index contributed by atoms with van der Waals surface area (Å²) in [6.07, 6.45) is 3.86. The van der Waals surface area contributed by atoms with E-state index >= 15 is 0 Å². The van der Waals surface area contributed by atoms with Crippen LogP contribution in [0.3, 0.4) is 0 Å². The topological polar surface area (TPSA) is 26.3 Å². The van der Waals surface area contributed by atoms with Crippen LogP contribution in [0, 0.1) is 6.92 Å². The maximum absolute atomic E-state index is 12.2. The van der Waals surface area contributed by atoms with Crippen LogP contribution in [-0.2, 0) is 15.5 Å². The van der Waals surface area contributed by atoms with Gasteiger partial charge in [-0.1, -0.05) is 17.7 Å². The maximum atomic E-state index is 12.2. The fraction of sp³-hybridized carbons (Fsp3) is 0.571. The summed E-state index contributed by atoms with van der Waals surface area (Å²) in [6.45, 7) is 4.14. The van der Waals surface area contributed by atoms with Crippen LogP contribution in [0.4, 0.5) is 0 Å². The molecule has 0 aromatic heterocycles. The lowest BCUT2D eigenvalue weighted by Crippen LogP contribution is -2.29. The Morgan fingerprint density at radius 1 is 1.29 bits per heavy atom. The molecular formula is C14H20O2S. The zero-order chi connectivity index (χ0) is 12.3. The molecule has 3 atom stereocenters. The Morgan fingerprint density at radius 3 is 2.65 bits per heavy atom. The van der Waals surface area contributed by atoms with Gasteiger partial charge in [0.25, 0.3) is 0 Å². The monoisotopic (exact) mass is 252 g/mol. The largest absolute Gasteiger partial charge is 0.374 e. The first-order valence-electron chi connectivity index (χ1n) is 6.25. The highest BCUT2D eigenvalue weighted by atomic mass is 32.2. The fourth-order valence-electron chi connectivity index (χ4n) is 2.18. The standard InChI is InChI=1S/C14H20O2S/c1-11-6-8-14(9-7-11)17(15)10-13-5-3-4-12(2)16-13/h6-9,12-13H,3-5,10H2,1-2H3/t12-,13-,17+/m1/s1. The second-order valence-corrected chi connectivity index (χ2v) is 6.32. The first-order valence-corrected chi connectivity index (χ1v) is 7.57. The van der Waals surface area contributed by atoms with Crippen molar-refractivity contribution in [1.29, 1.82) is 0 Å². The molecular weight excluding hydrogens is 232 g/mol. The molecule has 1 fully saturated rings. The van der Waals surface area contributed by atoms with Crippen LogP contribution in [0.2, 0.25) is 0 Å². The molecule has 1 aliphatic heterocycles. The minimum Gasteiger partial charge on any atom is -0.374 e. The van der Waals surface area contributed by atoms with Gasteiger partial charge in [0.1, 0.15) is 0 Å². The molecule has 1 heterocycles. The quantitative estimate of drug-likeness (QED) is 0.826. The average molecular weight is 252 g/mol. The van der Waals surface area contributed by atoms with E-state index in [1.54, 1.807) is 0 Å². The van der Waals surface area contributed by atoms with Gasteiger partial charge in [-0.25, -0.2) is 0 Å². The summed E-state index contributed by atoms with van der Waals surface area (Å²) >= 11 is 0. The van der Waals surface area contributed by atoms with Crippen molar-refractivity contribution < 1.29 is 8.95 Å². The lowest BCUT2D eigenvalue weighted by atomic mass is 10.1. The molecule has 0 saturated carbocycles. The number of hydrogen-bond acceptors (Lipinski definition) is 2. The summed E-state index contributed by atoms with van der Waals surface area (Å²) in [5.74, 6) is 0.632. The molecule has 1 aromatic carbocycles. The third kappa shape index (κ3) is 3.65. The molecule has 0 bridgehead atoms. The van der Waals surface area contributed by atoms with Gasteiger partial charge in [0.2, 0.25) is 0 Å². The van der Waals surface area contributed by atoms with E-state index in [0.717, 1.165) is 17.7 Å². The SMILES string of the molecule is Cc1ccc([S@@](=O)C[C@H]2CCC[C@@H](C)O2)cc1. The Balaban J connectivity index is 1.94. The van der Waals surface area contributed by atoms with Gasteiger partial charge in [0.05, 0.1) is 28.8 Å². The highest BCUT2D eigenvalue weighted by molar-refractivity contribution is 7.85. The predicted octanol–water partition coefficient (Wildman–Crippen LogP) is 3.06. The van der Waals surface area contributed by atoms with Crippen molar-refractivity contribution >= 4 is 10.8 Å². The fourth-order valence-corrected chi connectivity index (χ4v) is 3.39. The lowest BCUT2D eigenvalue weighted by Gasteiger charge is -2.27. The summed E-state index contributed by atoms with van der Waals surface area (Å²) in [4.78, 5) is 0.914. The van der Waals surface area contributed by atoms with Crippen molar-refractivity contribution in [2.24, 2.45) is 0 Å². The zero-order valence-electron chi connectivity index (χ0n) is 10.5. The van der Waals surface area contributed by atoms with Gasteiger partial charge in [0, 0.05) is 4.90 Å². The van der Waals surface area contributed by atoms with Crippen molar-refractivity contribution in [2.45, 2.75) is 50.2 Å². The van der Waals surface area contributed by atoms with Gasteiger partial charge in [-0.05, 0) is 45.2 Å². The third-order valence-corrected chi connectivity index (χ3v) is 4.66. The van der Waals surface area contributed by atoms with E-state index in [1.165, 1.54) is 12.0 Å². The molecule has 1 aliphatic rings. The van der Waals surface area contributed by atoms with E-state index < -0.39 is 10.8 Å². The van der Waals surface area contributed by atoms with E-state index in [9.17, 15) is 4.21 Å². The van der Waals surface area contributed by atoms with E-state index in [4.69, 9.17) is 4.74 Å². The number of hydrogen-bond donors (Lipinski definition) is 0. The highest BCUT2D eigenvalue weighted by Gasteiger charge is 2.21. The van der Waals surface area contributed by atoms with Crippen molar-refractivity contribution in [3.8, 4) is 0 Å². The third-order valence-electron chi connectivity index (χ3n) is 3.18. The van der Waals surface area contributed by atoms with E-state index in [-0.39, 0.29) is 6.10 Å². The Bertz CT molecular complexity index is 386. The summed E-state index contributed by atoms with van der Waals surface area (Å²) in [5.41, 5.74) is 1.20. The summed E-state index contributed by atoms with van der Waals surface area (Å²) < 4.78 is 18.0. The molecule has 1 aromatic rings. The minimum atomic E-state index is -0.929. The molecule has 0 amide bonds. The highest BCUT2D eigenvalue weighted by Crippen LogP contribution is 2.20. The van der Waals surface area contributed by atoms with Crippen LogP contribution in [0.5, 0.6) is 0 Å². The molecule has 0 N–H and O–H groups in total. The van der Waals surface area contributed by atoms with E-state index in [2.05, 4.69) is 6.92 Å². The zero-order valence-corrected chi connectivity index (χ0v) is 11.3. The van der Waals surface area contributed by atoms with Crippen molar-refractivity contribution in [3.05, 3.63) is 29.8 Å². The van der Waals surface area contributed by atoms with Crippen LogP contribution in [0.15, 0.2) is 29.2 Å². The van der Waals surface area contributed by atoms with Gasteiger partial charge in [-0.2, -0.15) is 0 Å². The molecule has 3 heteroatoms. The van der Waals surface area contributed by atoms with Gasteiger partial charge in [-0.3, -0.25) is 4.21 Å². The Kier molecular flexibility index (Phi) is 4.35. The number of benzene rings is 1. The average Bonchev–Trinajstić information content (AvgIpc) is 2.29. The Morgan fingerprint density at radius 2 is 2.00 bits per heavy atom. The number of rotatable bonds is 3. The van der Waals surface area contributed by atoms with Crippen LogP contribution in [0.1, 0.15) is 31.7 Å². The maximum Gasteiger partial charge on any atom is 0.0697 e. The van der Waals surface area contributed by atoms with Crippen molar-refractivity contribution in [2.75, 3.05) is 5.75 Å². The summed E-state index contributed by atoms with van der Waals surface area (Å²) in [7, 11) is -0.929. The molecule has 0 aliphatic carbocycles. The lowest BCUT2D eigenvalue weighted by molar-refractivity contribution is -0.0270. The molecule has 0 radical (unpaired) electrons. The first kappa shape index (κ1) is 12.8. The summed E-state index contributed by atoms with van der Waals surface area (Å²) in [5, 5.41) is 0. The van der Waals surface area contributed by atoms with Crippen LogP contribution in [0.25, 0.3) is 0 Å². The Hall–Kier alpha value is -0.670. The molecule has 0 spiro atoms. The molecule has 1 saturated heterocycles. The first-order chi connectivity index (χ1) is 8.15. The molecule has 0 unspecified atom stereocenters. The van der Waals surface area contributed by atoms with Gasteiger partial charge < -0.3 is 4.74 Å². The van der Waals surface area contributed by atoms with E-state index in [0.29, 0.717) is 11.9 Å². The van der Waals surface area contributed by atoms with Gasteiger partial charge >= 0.3 is 0 Å². The van der Waals surface area contributed by atoms with Crippen LogP contribution >= 0.6 is 0 Å². The van der Waals surface area contributed by atoms with E-state index in [1.807, 2.05) is 31.2 Å². The normalized spacial score (nSPS) is 26.7. The minimum absolute atomic E-state index is 0.167. The molecule has 2 nitrogen and oxygen atoms in total. The Labute approximate surface area is 106 Å². The number of ether oxygens (including phenoxy) is 1. The smallest absolute Gasteiger partial charge is 0.0697 e. The predicted molar refractivity (Wildman–Crippen MR) is 70.6 cm³/mol. The van der Waals surface area contributed by atoms with Crippen molar-refractivity contribution in [1.82, 2.24) is 0 Å². The van der Waals surface area contributed by atoms with Crippen molar-refractivity contribution in [3.63, 3.8) is 0 Å². The van der Waals surface area contributed by atoms with Crippen LogP contribution < -0.4 is 0 Å². The van der Waals surface area contributed by atoms with Gasteiger partial charge in [0.15, 0.2) is 0 Å². The molecule has 2 rings (SSSR count). The van der Waals surface area contributed by atoms with Gasteiger partial charge in [-0.15, -0.1) is 0 Å². The molecule has 94 valence electrons. The second-order valence-electron chi connectivity index (χ2n) is 4.82. The van der Waals surface area contributed by atoms with Crippen LogP contribution in [-0.4, -0.2) is 22.2 Å². The summed E-state index contributed by atoms with van der Waals surface area (Å²) in [6, 6.07) is 7.94.